The average Bonchev–Trinajstić information content (AvgIpc) is 2.13. The summed E-state index contributed by atoms with van der Waals surface area (Å²) < 4.78 is 61.6. The summed E-state index contributed by atoms with van der Waals surface area (Å²) in [6, 6.07) is 0.816. The Labute approximate surface area is 88.9 Å². The lowest BCUT2D eigenvalue weighted by Crippen LogP contribution is -2.15. The molecule has 0 aliphatic heterocycles. The first-order valence-corrected chi connectivity index (χ1v) is 5.75. The smallest absolute Gasteiger partial charge is 0.246 e. The van der Waals surface area contributed by atoms with Crippen molar-refractivity contribution in [1.82, 2.24) is 0 Å². The number of hydrogen-bond acceptors (Lipinski definition) is 2. The van der Waals surface area contributed by atoms with E-state index in [1.54, 1.807) is 4.72 Å². The first-order valence-electron chi connectivity index (χ1n) is 3.57. The third kappa shape index (κ3) is 3.00. The second kappa shape index (κ2) is 4.28. The van der Waals surface area contributed by atoms with Crippen LogP contribution in [-0.2, 0) is 10.0 Å². The summed E-state index contributed by atoms with van der Waals surface area (Å²) in [6.45, 7) is 0. The van der Waals surface area contributed by atoms with Crippen LogP contribution in [0.4, 0.5) is 18.9 Å². The van der Waals surface area contributed by atoms with Gasteiger partial charge < -0.3 is 0 Å². The minimum atomic E-state index is -3.99. The Kier molecular flexibility index (Phi) is 3.46. The van der Waals surface area contributed by atoms with Crippen LogP contribution in [0.1, 0.15) is 0 Å². The van der Waals surface area contributed by atoms with E-state index in [0.717, 1.165) is 0 Å². The number of sulfonamides is 1. The predicted octanol–water partition coefficient (Wildman–Crippen LogP) is 2.04. The van der Waals surface area contributed by atoms with Gasteiger partial charge in [-0.3, -0.25) is 4.72 Å². The van der Waals surface area contributed by atoms with Crippen LogP contribution in [0.3, 0.4) is 0 Å². The number of halogens is 4. The Morgan fingerprint density at radius 3 is 2.40 bits per heavy atom. The Bertz CT molecular complexity index is 477. The van der Waals surface area contributed by atoms with Gasteiger partial charge in [0.25, 0.3) is 0 Å². The lowest BCUT2D eigenvalue weighted by atomic mass is 10.3. The molecule has 0 amide bonds. The Balaban J connectivity index is 3.16. The van der Waals surface area contributed by atoms with Gasteiger partial charge in [0, 0.05) is 12.1 Å². The van der Waals surface area contributed by atoms with Crippen molar-refractivity contribution >= 4 is 27.3 Å². The normalized spacial score (nSPS) is 11.5. The number of benzene rings is 1. The standard InChI is InChI=1S/C7H5ClF3NO2S/c8-3-15(13,14)12-6-2-4(9)1-5(10)7(6)11/h1-2,12H,3H2. The highest BCUT2D eigenvalue weighted by Crippen LogP contribution is 2.20. The zero-order chi connectivity index (χ0) is 11.6. The van der Waals surface area contributed by atoms with E-state index in [9.17, 15) is 21.6 Å². The lowest BCUT2D eigenvalue weighted by Gasteiger charge is -2.06. The van der Waals surface area contributed by atoms with Crippen LogP contribution in [0.5, 0.6) is 0 Å². The monoisotopic (exact) mass is 259 g/mol. The van der Waals surface area contributed by atoms with Gasteiger partial charge in [0.15, 0.2) is 11.6 Å². The van der Waals surface area contributed by atoms with Gasteiger partial charge in [-0.2, -0.15) is 0 Å². The van der Waals surface area contributed by atoms with Gasteiger partial charge in [0.2, 0.25) is 10.0 Å². The number of hydrogen-bond donors (Lipinski definition) is 1. The van der Waals surface area contributed by atoms with E-state index in [0.29, 0.717) is 12.1 Å². The van der Waals surface area contributed by atoms with Gasteiger partial charge in [-0.05, 0) is 0 Å². The summed E-state index contributed by atoms with van der Waals surface area (Å²) in [4.78, 5) is 0. The Morgan fingerprint density at radius 2 is 1.87 bits per heavy atom. The third-order valence-electron chi connectivity index (χ3n) is 1.40. The second-order valence-corrected chi connectivity index (χ2v) is 4.88. The predicted molar refractivity (Wildman–Crippen MR) is 49.6 cm³/mol. The van der Waals surface area contributed by atoms with E-state index in [1.807, 2.05) is 0 Å². The van der Waals surface area contributed by atoms with Crippen molar-refractivity contribution in [3.63, 3.8) is 0 Å². The zero-order valence-electron chi connectivity index (χ0n) is 7.10. The summed E-state index contributed by atoms with van der Waals surface area (Å²) >= 11 is 5.01. The molecule has 84 valence electrons. The van der Waals surface area contributed by atoms with Crippen molar-refractivity contribution in [2.75, 3.05) is 9.93 Å². The molecule has 15 heavy (non-hydrogen) atoms. The molecule has 0 spiro atoms. The minimum absolute atomic E-state index is 0.299. The average molecular weight is 260 g/mol. The number of alkyl halides is 1. The molecule has 1 aromatic rings. The Morgan fingerprint density at radius 1 is 1.27 bits per heavy atom. The van der Waals surface area contributed by atoms with Crippen LogP contribution < -0.4 is 4.72 Å². The van der Waals surface area contributed by atoms with Crippen molar-refractivity contribution in [2.45, 2.75) is 0 Å². The van der Waals surface area contributed by atoms with Gasteiger partial charge in [-0.15, -0.1) is 11.6 Å². The zero-order valence-corrected chi connectivity index (χ0v) is 8.67. The molecular formula is C7H5ClF3NO2S. The minimum Gasteiger partial charge on any atom is -0.279 e. The summed E-state index contributed by atoms with van der Waals surface area (Å²) in [5, 5.41) is -0.843. The van der Waals surface area contributed by atoms with Crippen LogP contribution >= 0.6 is 11.6 Å². The topological polar surface area (TPSA) is 46.2 Å². The summed E-state index contributed by atoms with van der Waals surface area (Å²) in [5.74, 6) is -4.06. The summed E-state index contributed by atoms with van der Waals surface area (Å²) in [5.41, 5.74) is -0.812. The molecule has 8 heteroatoms. The first-order chi connectivity index (χ1) is 6.85. The first kappa shape index (κ1) is 12.1. The fourth-order valence-electron chi connectivity index (χ4n) is 0.825. The summed E-state index contributed by atoms with van der Waals surface area (Å²) in [7, 11) is -3.99. The molecule has 0 atom stereocenters. The molecule has 0 aliphatic carbocycles. The van der Waals surface area contributed by atoms with Crippen molar-refractivity contribution in [3.8, 4) is 0 Å². The highest BCUT2D eigenvalue weighted by Gasteiger charge is 2.16. The van der Waals surface area contributed by atoms with E-state index in [1.165, 1.54) is 0 Å². The maximum absolute atomic E-state index is 12.9. The molecule has 0 bridgehead atoms. The molecule has 0 aliphatic rings. The molecule has 0 fully saturated rings. The molecule has 1 aromatic carbocycles. The lowest BCUT2D eigenvalue weighted by molar-refractivity contribution is 0.498. The molecule has 0 saturated heterocycles. The van der Waals surface area contributed by atoms with Crippen molar-refractivity contribution in [2.24, 2.45) is 0 Å². The quantitative estimate of drug-likeness (QED) is 0.667. The largest absolute Gasteiger partial charge is 0.279 e. The highest BCUT2D eigenvalue weighted by molar-refractivity contribution is 7.93. The van der Waals surface area contributed by atoms with E-state index >= 15 is 0 Å². The van der Waals surface area contributed by atoms with Crippen LogP contribution in [0.25, 0.3) is 0 Å². The molecule has 1 rings (SSSR count). The molecule has 0 heterocycles. The van der Waals surface area contributed by atoms with Gasteiger partial charge in [-0.25, -0.2) is 21.6 Å². The maximum Gasteiger partial charge on any atom is 0.246 e. The number of nitrogens with one attached hydrogen (secondary N) is 1. The van der Waals surface area contributed by atoms with E-state index < -0.39 is 38.4 Å². The summed E-state index contributed by atoms with van der Waals surface area (Å²) in [6.07, 6.45) is 0. The second-order valence-electron chi connectivity index (χ2n) is 2.58. The number of rotatable bonds is 3. The molecule has 0 unspecified atom stereocenters. The molecule has 1 N–H and O–H groups in total. The molecule has 0 aromatic heterocycles. The van der Waals surface area contributed by atoms with Crippen molar-refractivity contribution < 1.29 is 21.6 Å². The van der Waals surface area contributed by atoms with Crippen molar-refractivity contribution in [1.29, 1.82) is 0 Å². The van der Waals surface area contributed by atoms with Crippen LogP contribution in [0.15, 0.2) is 12.1 Å². The number of anilines is 1. The third-order valence-corrected chi connectivity index (χ3v) is 3.08. The van der Waals surface area contributed by atoms with E-state index in [4.69, 9.17) is 11.6 Å². The SMILES string of the molecule is O=S(=O)(CCl)Nc1cc(F)cc(F)c1F. The molecule has 0 saturated carbocycles. The molecule has 0 radical (unpaired) electrons. The van der Waals surface area contributed by atoms with Gasteiger partial charge in [-0.1, -0.05) is 0 Å². The van der Waals surface area contributed by atoms with Gasteiger partial charge in [0.05, 0.1) is 5.69 Å². The molecule has 3 nitrogen and oxygen atoms in total. The van der Waals surface area contributed by atoms with E-state index in [-0.39, 0.29) is 0 Å². The highest BCUT2D eigenvalue weighted by atomic mass is 35.5. The Hall–Kier alpha value is -0.950. The van der Waals surface area contributed by atoms with Crippen LogP contribution in [0.2, 0.25) is 0 Å². The van der Waals surface area contributed by atoms with Gasteiger partial charge >= 0.3 is 0 Å². The van der Waals surface area contributed by atoms with Crippen molar-refractivity contribution in [3.05, 3.63) is 29.6 Å². The van der Waals surface area contributed by atoms with E-state index in [2.05, 4.69) is 0 Å². The van der Waals surface area contributed by atoms with Gasteiger partial charge in [0.1, 0.15) is 11.0 Å². The molecular weight excluding hydrogens is 255 g/mol. The fourth-order valence-corrected chi connectivity index (χ4v) is 1.53. The van der Waals surface area contributed by atoms with Crippen LogP contribution in [-0.4, -0.2) is 13.6 Å². The van der Waals surface area contributed by atoms with Crippen LogP contribution in [0, 0.1) is 17.5 Å². The fraction of sp³-hybridized carbons (Fsp3) is 0.143. The maximum atomic E-state index is 12.9.